The van der Waals surface area contributed by atoms with E-state index in [-0.39, 0.29) is 0 Å². The quantitative estimate of drug-likeness (QED) is 0.669. The first-order valence-corrected chi connectivity index (χ1v) is 5.50. The molecule has 2 aliphatic heterocycles. The second-order valence-electron chi connectivity index (χ2n) is 3.86. The molecule has 0 spiro atoms. The fourth-order valence-corrected chi connectivity index (χ4v) is 2.23. The van der Waals surface area contributed by atoms with Gasteiger partial charge in [-0.15, -0.1) is 0 Å². The third-order valence-electron chi connectivity index (χ3n) is 2.88. The second kappa shape index (κ2) is 3.35. The summed E-state index contributed by atoms with van der Waals surface area (Å²) in [5, 5.41) is 3.74. The van der Waals surface area contributed by atoms with E-state index in [0.29, 0.717) is 11.0 Å². The highest BCUT2D eigenvalue weighted by molar-refractivity contribution is 7.80. The lowest BCUT2D eigenvalue weighted by molar-refractivity contribution is 0.718. The van der Waals surface area contributed by atoms with E-state index in [1.165, 1.54) is 5.56 Å². The maximum Gasteiger partial charge on any atom is 0.174 e. The molecular formula is C12H11N3S. The van der Waals surface area contributed by atoms with Crippen LogP contribution in [0.2, 0.25) is 0 Å². The lowest BCUT2D eigenvalue weighted by Gasteiger charge is -2.21. The molecule has 4 heteroatoms. The van der Waals surface area contributed by atoms with E-state index < -0.39 is 0 Å². The van der Waals surface area contributed by atoms with Crippen molar-refractivity contribution >= 4 is 23.0 Å². The molecule has 0 aliphatic carbocycles. The Kier molecular flexibility index (Phi) is 1.97. The summed E-state index contributed by atoms with van der Waals surface area (Å²) in [6.07, 6.45) is 5.97. The van der Waals surface area contributed by atoms with Gasteiger partial charge in [-0.1, -0.05) is 24.3 Å². The highest BCUT2D eigenvalue weighted by atomic mass is 32.1. The molecule has 1 unspecified atom stereocenters. The minimum Gasteiger partial charge on any atom is -0.376 e. The Balaban J connectivity index is 2.02. The molecule has 80 valence electrons. The van der Waals surface area contributed by atoms with E-state index in [9.17, 15) is 0 Å². The predicted molar refractivity (Wildman–Crippen MR) is 68.7 cm³/mol. The van der Waals surface area contributed by atoms with Gasteiger partial charge in [-0.25, -0.2) is 0 Å². The van der Waals surface area contributed by atoms with Gasteiger partial charge >= 0.3 is 0 Å². The summed E-state index contributed by atoms with van der Waals surface area (Å²) in [6, 6.07) is 8.29. The summed E-state index contributed by atoms with van der Waals surface area (Å²) in [6.45, 7) is 0. The van der Waals surface area contributed by atoms with E-state index in [1.807, 2.05) is 18.5 Å². The Morgan fingerprint density at radius 2 is 2.19 bits per heavy atom. The minimum atomic E-state index is 0.307. The Labute approximate surface area is 99.2 Å². The molecule has 16 heavy (non-hydrogen) atoms. The number of nitrogens with two attached hydrogens (primary N) is 1. The zero-order chi connectivity index (χ0) is 11.1. The number of thiocarbonyl (C=S) groups is 1. The van der Waals surface area contributed by atoms with Gasteiger partial charge in [-0.05, 0) is 23.8 Å². The largest absolute Gasteiger partial charge is 0.376 e. The normalized spacial score (nSPS) is 20.9. The van der Waals surface area contributed by atoms with Gasteiger partial charge in [-0.2, -0.15) is 0 Å². The summed E-state index contributed by atoms with van der Waals surface area (Å²) < 4.78 is 0. The zero-order valence-electron chi connectivity index (χ0n) is 8.55. The molecule has 0 radical (unpaired) electrons. The van der Waals surface area contributed by atoms with Crippen molar-refractivity contribution in [2.45, 2.75) is 5.92 Å². The van der Waals surface area contributed by atoms with Gasteiger partial charge in [0.25, 0.3) is 0 Å². The predicted octanol–water partition coefficient (Wildman–Crippen LogP) is 2.11. The van der Waals surface area contributed by atoms with Gasteiger partial charge in [0.15, 0.2) is 5.11 Å². The topological polar surface area (TPSA) is 41.3 Å². The van der Waals surface area contributed by atoms with Crippen molar-refractivity contribution in [2.24, 2.45) is 5.73 Å². The number of anilines is 1. The monoisotopic (exact) mass is 229 g/mol. The number of hydrogen-bond acceptors (Lipinski definition) is 2. The van der Waals surface area contributed by atoms with Crippen LogP contribution in [0.4, 0.5) is 5.69 Å². The van der Waals surface area contributed by atoms with Crippen molar-refractivity contribution in [3.8, 4) is 0 Å². The molecule has 0 fully saturated rings. The first-order chi connectivity index (χ1) is 7.75. The molecule has 3 rings (SSSR count). The number of rotatable bonds is 0. The summed E-state index contributed by atoms with van der Waals surface area (Å²) >= 11 is 4.94. The van der Waals surface area contributed by atoms with E-state index in [0.717, 1.165) is 11.4 Å². The molecule has 2 heterocycles. The number of benzene rings is 1. The number of allylic oxidation sites excluding steroid dienone is 1. The smallest absolute Gasteiger partial charge is 0.174 e. The van der Waals surface area contributed by atoms with Gasteiger partial charge in [0.1, 0.15) is 0 Å². The number of nitrogens with one attached hydrogen (secondary N) is 1. The molecule has 2 aliphatic rings. The fourth-order valence-electron chi connectivity index (χ4n) is 2.11. The number of para-hydroxylation sites is 1. The van der Waals surface area contributed by atoms with Gasteiger partial charge in [0.05, 0.1) is 0 Å². The van der Waals surface area contributed by atoms with Crippen LogP contribution in [0.15, 0.2) is 48.4 Å². The Bertz CT molecular complexity index is 519. The Morgan fingerprint density at radius 3 is 3.00 bits per heavy atom. The summed E-state index contributed by atoms with van der Waals surface area (Å²) in [5.74, 6) is 0.307. The van der Waals surface area contributed by atoms with Crippen LogP contribution in [0.5, 0.6) is 0 Å². The van der Waals surface area contributed by atoms with Crippen LogP contribution in [-0.4, -0.2) is 10.0 Å². The molecule has 0 amide bonds. The van der Waals surface area contributed by atoms with Crippen molar-refractivity contribution in [3.63, 3.8) is 0 Å². The van der Waals surface area contributed by atoms with Gasteiger partial charge in [-0.3, -0.25) is 4.90 Å². The molecule has 0 aromatic heterocycles. The first kappa shape index (κ1) is 9.42. The van der Waals surface area contributed by atoms with E-state index in [2.05, 4.69) is 29.6 Å². The molecule has 0 bridgehead atoms. The summed E-state index contributed by atoms with van der Waals surface area (Å²) in [5.41, 5.74) is 9.17. The Hall–Kier alpha value is -1.81. The average Bonchev–Trinajstić information content (AvgIpc) is 2.66. The van der Waals surface area contributed by atoms with E-state index >= 15 is 0 Å². The average molecular weight is 229 g/mol. The lowest BCUT2D eigenvalue weighted by atomic mass is 9.98. The first-order valence-electron chi connectivity index (χ1n) is 5.09. The molecule has 0 saturated heterocycles. The number of nitrogens with zero attached hydrogens (tertiary/aromatic N) is 1. The molecule has 1 atom stereocenters. The van der Waals surface area contributed by atoms with Crippen LogP contribution in [0.1, 0.15) is 11.5 Å². The van der Waals surface area contributed by atoms with Gasteiger partial charge in [0.2, 0.25) is 0 Å². The second-order valence-corrected chi connectivity index (χ2v) is 4.28. The SMILES string of the molecule is NC(=S)N1C=CC2C(=C1)Nc1ccccc12. The van der Waals surface area contributed by atoms with Crippen molar-refractivity contribution in [3.05, 3.63) is 54.0 Å². The van der Waals surface area contributed by atoms with Crippen molar-refractivity contribution in [1.82, 2.24) is 4.90 Å². The molecule has 3 nitrogen and oxygen atoms in total. The molecule has 1 aromatic carbocycles. The van der Waals surface area contributed by atoms with Crippen molar-refractivity contribution in [1.29, 1.82) is 0 Å². The maximum atomic E-state index is 5.59. The number of hydrogen-bond donors (Lipinski definition) is 2. The maximum absolute atomic E-state index is 5.59. The molecule has 0 saturated carbocycles. The Morgan fingerprint density at radius 1 is 1.38 bits per heavy atom. The van der Waals surface area contributed by atoms with Crippen LogP contribution in [0.25, 0.3) is 0 Å². The van der Waals surface area contributed by atoms with Crippen molar-refractivity contribution in [2.75, 3.05) is 5.32 Å². The zero-order valence-corrected chi connectivity index (χ0v) is 9.37. The fraction of sp³-hybridized carbons (Fsp3) is 0.0833. The third-order valence-corrected chi connectivity index (χ3v) is 3.09. The summed E-state index contributed by atoms with van der Waals surface area (Å²) in [7, 11) is 0. The van der Waals surface area contributed by atoms with Gasteiger partial charge < -0.3 is 11.1 Å². The highest BCUT2D eigenvalue weighted by Gasteiger charge is 2.27. The highest BCUT2D eigenvalue weighted by Crippen LogP contribution is 2.40. The third kappa shape index (κ3) is 1.31. The van der Waals surface area contributed by atoms with Crippen LogP contribution >= 0.6 is 12.2 Å². The van der Waals surface area contributed by atoms with Crippen LogP contribution < -0.4 is 11.1 Å². The minimum absolute atomic E-state index is 0.307. The van der Waals surface area contributed by atoms with Crippen LogP contribution in [0, 0.1) is 0 Å². The van der Waals surface area contributed by atoms with Crippen molar-refractivity contribution < 1.29 is 0 Å². The van der Waals surface area contributed by atoms with Crippen LogP contribution in [-0.2, 0) is 0 Å². The van der Waals surface area contributed by atoms with Gasteiger partial charge in [0, 0.05) is 29.7 Å². The van der Waals surface area contributed by atoms with E-state index in [1.54, 1.807) is 4.90 Å². The molecule has 1 aromatic rings. The van der Waals surface area contributed by atoms with E-state index in [4.69, 9.17) is 18.0 Å². The van der Waals surface area contributed by atoms with Crippen LogP contribution in [0.3, 0.4) is 0 Å². The number of fused-ring (bicyclic) bond motifs is 3. The summed E-state index contributed by atoms with van der Waals surface area (Å²) in [4.78, 5) is 1.75. The molecular weight excluding hydrogens is 218 g/mol. The standard InChI is InChI=1S/C12H11N3S/c13-12(16)15-6-5-9-8-3-1-2-4-10(8)14-11(9)7-15/h1-7,9,14H,(H2,13,16). The molecule has 3 N–H and O–H groups in total. The lowest BCUT2D eigenvalue weighted by Crippen LogP contribution is -2.29.